The van der Waals surface area contributed by atoms with E-state index < -0.39 is 5.97 Å². The fourth-order valence-electron chi connectivity index (χ4n) is 3.89. The molecule has 1 unspecified atom stereocenters. The monoisotopic (exact) mass is 418 g/mol. The quantitative estimate of drug-likeness (QED) is 0.413. The summed E-state index contributed by atoms with van der Waals surface area (Å²) in [5, 5.41) is 9.54. The lowest BCUT2D eigenvalue weighted by Gasteiger charge is -2.19. The topological polar surface area (TPSA) is 55.8 Å². The van der Waals surface area contributed by atoms with Crippen LogP contribution < -0.4 is 9.47 Å². The first kappa shape index (κ1) is 22.4. The third kappa shape index (κ3) is 5.66. The molecule has 0 aliphatic carbocycles. The first-order valence-corrected chi connectivity index (χ1v) is 10.8. The molecule has 3 aromatic rings. The van der Waals surface area contributed by atoms with Crippen LogP contribution in [0.2, 0.25) is 0 Å². The number of aromatic carboxylic acids is 1. The van der Waals surface area contributed by atoms with E-state index in [0.717, 1.165) is 36.0 Å². The summed E-state index contributed by atoms with van der Waals surface area (Å²) in [5.41, 5.74) is 4.33. The van der Waals surface area contributed by atoms with Crippen molar-refractivity contribution >= 4 is 5.97 Å². The van der Waals surface area contributed by atoms with Gasteiger partial charge in [0.2, 0.25) is 0 Å². The van der Waals surface area contributed by atoms with Crippen molar-refractivity contribution in [3.8, 4) is 22.6 Å². The fraction of sp³-hybridized carbons (Fsp3) is 0.296. The van der Waals surface area contributed by atoms with Crippen molar-refractivity contribution in [1.29, 1.82) is 0 Å². The number of carbonyl (C=O) groups is 1. The van der Waals surface area contributed by atoms with Gasteiger partial charge in [-0.05, 0) is 73.1 Å². The lowest BCUT2D eigenvalue weighted by atomic mass is 9.93. The van der Waals surface area contributed by atoms with Crippen LogP contribution in [0.3, 0.4) is 0 Å². The molecule has 3 rings (SSSR count). The lowest BCUT2D eigenvalue weighted by Crippen LogP contribution is -2.12. The number of methoxy groups -OCH3 is 1. The van der Waals surface area contributed by atoms with Crippen LogP contribution in [0.5, 0.6) is 11.5 Å². The van der Waals surface area contributed by atoms with Gasteiger partial charge in [-0.1, -0.05) is 55.5 Å². The summed E-state index contributed by atoms with van der Waals surface area (Å²) in [6.07, 6.45) is 3.65. The highest BCUT2D eigenvalue weighted by Gasteiger charge is 2.16. The van der Waals surface area contributed by atoms with Crippen LogP contribution in [-0.4, -0.2) is 24.3 Å². The Hall–Kier alpha value is -3.27. The maximum atomic E-state index is 11.6. The Morgan fingerprint density at radius 2 is 1.77 bits per heavy atom. The molecule has 0 amide bonds. The molecule has 0 aliphatic rings. The zero-order valence-corrected chi connectivity index (χ0v) is 18.4. The molecule has 0 aliphatic heterocycles. The molecule has 0 spiro atoms. The van der Waals surface area contributed by atoms with Crippen LogP contribution in [0.25, 0.3) is 11.1 Å². The van der Waals surface area contributed by atoms with Crippen molar-refractivity contribution in [2.45, 2.75) is 45.6 Å². The number of ether oxygens (including phenoxy) is 2. The first-order chi connectivity index (χ1) is 15.0. The number of benzene rings is 3. The minimum absolute atomic E-state index is 0.0314. The van der Waals surface area contributed by atoms with Gasteiger partial charge in [0.05, 0.1) is 18.8 Å². The van der Waals surface area contributed by atoms with E-state index in [1.807, 2.05) is 37.3 Å². The molecule has 0 saturated heterocycles. The molecule has 31 heavy (non-hydrogen) atoms. The van der Waals surface area contributed by atoms with Crippen LogP contribution in [0.1, 0.15) is 48.2 Å². The molecule has 0 fully saturated rings. The Morgan fingerprint density at radius 1 is 1.00 bits per heavy atom. The largest absolute Gasteiger partial charge is 0.493 e. The Balaban J connectivity index is 1.78. The summed E-state index contributed by atoms with van der Waals surface area (Å²) >= 11 is 0. The van der Waals surface area contributed by atoms with Gasteiger partial charge in [-0.25, -0.2) is 4.79 Å². The van der Waals surface area contributed by atoms with E-state index in [1.54, 1.807) is 19.2 Å². The average molecular weight is 419 g/mol. The minimum Gasteiger partial charge on any atom is -0.493 e. The second-order valence-electron chi connectivity index (χ2n) is 7.66. The van der Waals surface area contributed by atoms with Gasteiger partial charge in [-0.2, -0.15) is 0 Å². The predicted molar refractivity (Wildman–Crippen MR) is 124 cm³/mol. The molecule has 4 heteroatoms. The average Bonchev–Trinajstić information content (AvgIpc) is 2.79. The Kier molecular flexibility index (Phi) is 7.71. The van der Waals surface area contributed by atoms with Gasteiger partial charge >= 0.3 is 5.97 Å². The number of hydrogen-bond acceptors (Lipinski definition) is 3. The smallest absolute Gasteiger partial charge is 0.335 e. The highest BCUT2D eigenvalue weighted by molar-refractivity contribution is 5.92. The van der Waals surface area contributed by atoms with Gasteiger partial charge in [0.25, 0.3) is 0 Å². The lowest BCUT2D eigenvalue weighted by molar-refractivity contribution is 0.0696. The summed E-state index contributed by atoms with van der Waals surface area (Å²) in [5.74, 6) is 0.441. The molecule has 3 aromatic carbocycles. The zero-order chi connectivity index (χ0) is 22.2. The van der Waals surface area contributed by atoms with E-state index >= 15 is 0 Å². The second-order valence-corrected chi connectivity index (χ2v) is 7.66. The number of carboxylic acids is 1. The van der Waals surface area contributed by atoms with Gasteiger partial charge < -0.3 is 14.6 Å². The van der Waals surface area contributed by atoms with E-state index in [4.69, 9.17) is 9.47 Å². The fourth-order valence-corrected chi connectivity index (χ4v) is 3.89. The standard InChI is InChI=1S/C27H30O4/c1-4-22-23(14-9-15-24(22)27(28)29)21-16-17-25(30-3)26(18-21)31-19(2)10-8-13-20-11-6-5-7-12-20/h5-7,9,11-12,14-19H,4,8,10,13H2,1-3H3,(H,28,29). The number of carboxylic acid groups (broad SMARTS) is 1. The highest BCUT2D eigenvalue weighted by atomic mass is 16.5. The van der Waals surface area contributed by atoms with Gasteiger partial charge in [-0.3, -0.25) is 0 Å². The SMILES string of the molecule is CCc1c(C(=O)O)cccc1-c1ccc(OC)c(OC(C)CCCc2ccccc2)c1. The molecule has 0 aromatic heterocycles. The summed E-state index contributed by atoms with van der Waals surface area (Å²) in [6, 6.07) is 21.6. The third-order valence-electron chi connectivity index (χ3n) is 5.48. The summed E-state index contributed by atoms with van der Waals surface area (Å²) in [4.78, 5) is 11.6. The summed E-state index contributed by atoms with van der Waals surface area (Å²) < 4.78 is 11.8. The summed E-state index contributed by atoms with van der Waals surface area (Å²) in [6.45, 7) is 4.04. The number of hydrogen-bond donors (Lipinski definition) is 1. The van der Waals surface area contributed by atoms with Crippen molar-refractivity contribution in [1.82, 2.24) is 0 Å². The maximum Gasteiger partial charge on any atom is 0.335 e. The van der Waals surface area contributed by atoms with Crippen molar-refractivity contribution < 1.29 is 19.4 Å². The van der Waals surface area contributed by atoms with Crippen LogP contribution >= 0.6 is 0 Å². The normalized spacial score (nSPS) is 11.7. The van der Waals surface area contributed by atoms with Crippen molar-refractivity contribution in [3.05, 3.63) is 83.4 Å². The number of rotatable bonds is 10. The molecule has 0 heterocycles. The Bertz CT molecular complexity index is 1010. The van der Waals surface area contributed by atoms with Crippen LogP contribution in [0, 0.1) is 0 Å². The molecule has 162 valence electrons. The predicted octanol–water partition coefficient (Wildman–Crippen LogP) is 6.41. The molecule has 0 saturated carbocycles. The molecular weight excluding hydrogens is 388 g/mol. The molecular formula is C27H30O4. The third-order valence-corrected chi connectivity index (χ3v) is 5.48. The molecule has 0 radical (unpaired) electrons. The second kappa shape index (κ2) is 10.7. The summed E-state index contributed by atoms with van der Waals surface area (Å²) in [7, 11) is 1.63. The molecule has 1 atom stereocenters. The van der Waals surface area contributed by atoms with E-state index in [9.17, 15) is 9.90 Å². The highest BCUT2D eigenvalue weighted by Crippen LogP contribution is 2.36. The maximum absolute atomic E-state index is 11.6. The van der Waals surface area contributed by atoms with E-state index in [2.05, 4.69) is 31.2 Å². The van der Waals surface area contributed by atoms with E-state index in [0.29, 0.717) is 23.5 Å². The van der Waals surface area contributed by atoms with Gasteiger partial charge in [0.15, 0.2) is 11.5 Å². The van der Waals surface area contributed by atoms with Gasteiger partial charge in [0.1, 0.15) is 0 Å². The van der Waals surface area contributed by atoms with Crippen molar-refractivity contribution in [2.24, 2.45) is 0 Å². The molecule has 0 bridgehead atoms. The van der Waals surface area contributed by atoms with Crippen molar-refractivity contribution in [3.63, 3.8) is 0 Å². The first-order valence-electron chi connectivity index (χ1n) is 10.8. The molecule has 1 N–H and O–H groups in total. The van der Waals surface area contributed by atoms with Crippen LogP contribution in [-0.2, 0) is 12.8 Å². The van der Waals surface area contributed by atoms with Gasteiger partial charge in [-0.15, -0.1) is 0 Å². The Labute approximate surface area is 184 Å². The van der Waals surface area contributed by atoms with Gasteiger partial charge in [0, 0.05) is 0 Å². The minimum atomic E-state index is -0.907. The zero-order valence-electron chi connectivity index (χ0n) is 18.4. The Morgan fingerprint density at radius 3 is 2.45 bits per heavy atom. The van der Waals surface area contributed by atoms with Crippen LogP contribution in [0.15, 0.2) is 66.7 Å². The van der Waals surface area contributed by atoms with Crippen LogP contribution in [0.4, 0.5) is 0 Å². The van der Waals surface area contributed by atoms with Crippen molar-refractivity contribution in [2.75, 3.05) is 7.11 Å². The van der Waals surface area contributed by atoms with E-state index in [-0.39, 0.29) is 6.10 Å². The van der Waals surface area contributed by atoms with E-state index in [1.165, 1.54) is 5.56 Å². The number of aryl methyl sites for hydroxylation is 1. The molecule has 4 nitrogen and oxygen atoms in total.